The van der Waals surface area contributed by atoms with Crippen molar-refractivity contribution < 1.29 is 9.53 Å². The monoisotopic (exact) mass is 338 g/mol. The summed E-state index contributed by atoms with van der Waals surface area (Å²) >= 11 is 0. The zero-order chi connectivity index (χ0) is 17.8. The van der Waals surface area contributed by atoms with Gasteiger partial charge in [-0.05, 0) is 67.5 Å². The minimum absolute atomic E-state index is 0.0337. The fraction of sp³-hybridized carbons (Fsp3) is 0.381. The highest BCUT2D eigenvalue weighted by Gasteiger charge is 2.26. The molecule has 4 nitrogen and oxygen atoms in total. The number of hydrogen-bond donors (Lipinski definition) is 2. The van der Waals surface area contributed by atoms with Crippen LogP contribution in [0, 0.1) is 6.92 Å². The molecule has 1 amide bonds. The Kier molecular flexibility index (Phi) is 5.27. The van der Waals surface area contributed by atoms with Gasteiger partial charge in [-0.1, -0.05) is 31.2 Å². The summed E-state index contributed by atoms with van der Waals surface area (Å²) in [6.07, 6.45) is 3.16. The molecule has 2 aromatic rings. The summed E-state index contributed by atoms with van der Waals surface area (Å²) in [7, 11) is 0. The fourth-order valence-electron chi connectivity index (χ4n) is 3.41. The van der Waals surface area contributed by atoms with E-state index in [9.17, 15) is 4.79 Å². The summed E-state index contributed by atoms with van der Waals surface area (Å²) < 4.78 is 5.97. The van der Waals surface area contributed by atoms with Gasteiger partial charge in [0.15, 0.2) is 6.10 Å². The van der Waals surface area contributed by atoms with Crippen LogP contribution in [-0.4, -0.2) is 12.0 Å². The van der Waals surface area contributed by atoms with Crippen molar-refractivity contribution in [3.8, 4) is 5.75 Å². The van der Waals surface area contributed by atoms with Crippen molar-refractivity contribution in [2.75, 3.05) is 5.73 Å². The van der Waals surface area contributed by atoms with Crippen LogP contribution in [0.3, 0.4) is 0 Å². The van der Waals surface area contributed by atoms with Gasteiger partial charge in [0.1, 0.15) is 5.75 Å². The second kappa shape index (κ2) is 7.60. The molecular weight excluding hydrogens is 312 g/mol. The number of para-hydroxylation sites is 1. The topological polar surface area (TPSA) is 64.3 Å². The van der Waals surface area contributed by atoms with E-state index in [0.29, 0.717) is 6.42 Å². The first kappa shape index (κ1) is 17.3. The van der Waals surface area contributed by atoms with E-state index in [1.807, 2.05) is 56.3 Å². The number of nitrogen functional groups attached to an aromatic ring is 1. The molecule has 1 aliphatic rings. The lowest BCUT2D eigenvalue weighted by Gasteiger charge is -2.28. The van der Waals surface area contributed by atoms with E-state index in [1.54, 1.807) is 0 Å². The summed E-state index contributed by atoms with van der Waals surface area (Å²) in [4.78, 5) is 12.8. The van der Waals surface area contributed by atoms with Crippen molar-refractivity contribution >= 4 is 11.6 Å². The number of rotatable bonds is 5. The number of ether oxygens (including phenoxy) is 1. The van der Waals surface area contributed by atoms with Gasteiger partial charge in [0.2, 0.25) is 0 Å². The number of carbonyl (C=O) groups is 1. The third-order valence-electron chi connectivity index (χ3n) is 4.82. The van der Waals surface area contributed by atoms with Gasteiger partial charge in [-0.25, -0.2) is 0 Å². The molecule has 1 aliphatic carbocycles. The number of nitrogens with one attached hydrogen (secondary N) is 1. The number of fused-ring (bicyclic) bond motifs is 1. The third-order valence-corrected chi connectivity index (χ3v) is 4.82. The summed E-state index contributed by atoms with van der Waals surface area (Å²) in [5.74, 6) is 0.710. The molecule has 0 aromatic heterocycles. The highest BCUT2D eigenvalue weighted by Crippen LogP contribution is 2.31. The lowest BCUT2D eigenvalue weighted by atomic mass is 9.87. The molecule has 3 rings (SSSR count). The van der Waals surface area contributed by atoms with E-state index >= 15 is 0 Å². The van der Waals surface area contributed by atoms with Crippen LogP contribution in [0.5, 0.6) is 5.75 Å². The van der Waals surface area contributed by atoms with Gasteiger partial charge in [0.25, 0.3) is 5.91 Å². The van der Waals surface area contributed by atoms with Crippen LogP contribution in [0.25, 0.3) is 0 Å². The molecule has 0 saturated carbocycles. The number of carbonyl (C=O) groups excluding carboxylic acids is 1. The maximum Gasteiger partial charge on any atom is 0.261 e. The van der Waals surface area contributed by atoms with Gasteiger partial charge >= 0.3 is 0 Å². The van der Waals surface area contributed by atoms with E-state index in [1.165, 1.54) is 11.1 Å². The van der Waals surface area contributed by atoms with E-state index < -0.39 is 6.10 Å². The summed E-state index contributed by atoms with van der Waals surface area (Å²) in [6.45, 7) is 3.96. The van der Waals surface area contributed by atoms with Gasteiger partial charge in [-0.2, -0.15) is 0 Å². The van der Waals surface area contributed by atoms with Crippen LogP contribution >= 0.6 is 0 Å². The fourth-order valence-corrected chi connectivity index (χ4v) is 3.41. The van der Waals surface area contributed by atoms with Gasteiger partial charge < -0.3 is 15.8 Å². The Hall–Kier alpha value is -2.49. The van der Waals surface area contributed by atoms with Crippen LogP contribution in [0.4, 0.5) is 5.69 Å². The van der Waals surface area contributed by atoms with Crippen LogP contribution in [0.15, 0.2) is 42.5 Å². The highest BCUT2D eigenvalue weighted by atomic mass is 16.5. The quantitative estimate of drug-likeness (QED) is 0.812. The molecule has 3 N–H and O–H groups in total. The van der Waals surface area contributed by atoms with Crippen molar-refractivity contribution in [1.29, 1.82) is 0 Å². The Morgan fingerprint density at radius 2 is 2.12 bits per heavy atom. The number of hydrogen-bond acceptors (Lipinski definition) is 3. The molecular formula is C21H26N2O2. The lowest BCUT2D eigenvalue weighted by Crippen LogP contribution is -2.41. The standard InChI is InChI=1S/C21H26N2O2/c1-3-19(25-20-10-5-4-7-14(20)2)21(24)23-18-9-6-8-15-13-16(22)11-12-17(15)18/h4-5,7,10-13,18-19H,3,6,8-9,22H2,1-2H3,(H,23,24). The highest BCUT2D eigenvalue weighted by molar-refractivity contribution is 5.81. The summed E-state index contributed by atoms with van der Waals surface area (Å²) in [5.41, 5.74) is 10.1. The second-order valence-electron chi connectivity index (χ2n) is 6.69. The minimum Gasteiger partial charge on any atom is -0.480 e. The van der Waals surface area contributed by atoms with Crippen LogP contribution in [0.1, 0.15) is 48.9 Å². The maximum absolute atomic E-state index is 12.8. The Morgan fingerprint density at radius 1 is 1.32 bits per heavy atom. The Balaban J connectivity index is 1.72. The number of aryl methyl sites for hydroxylation is 2. The number of benzene rings is 2. The van der Waals surface area contributed by atoms with Crippen LogP contribution in [-0.2, 0) is 11.2 Å². The Bertz CT molecular complexity index is 757. The zero-order valence-electron chi connectivity index (χ0n) is 14.9. The average molecular weight is 338 g/mol. The van der Waals surface area contributed by atoms with Crippen molar-refractivity contribution in [2.45, 2.75) is 51.7 Å². The van der Waals surface area contributed by atoms with E-state index in [4.69, 9.17) is 10.5 Å². The molecule has 0 heterocycles. The van der Waals surface area contributed by atoms with Gasteiger partial charge in [-0.15, -0.1) is 0 Å². The van der Waals surface area contributed by atoms with Crippen molar-refractivity contribution in [1.82, 2.24) is 5.32 Å². The minimum atomic E-state index is -0.486. The second-order valence-corrected chi connectivity index (χ2v) is 6.69. The molecule has 25 heavy (non-hydrogen) atoms. The first-order valence-electron chi connectivity index (χ1n) is 8.99. The molecule has 0 saturated heterocycles. The molecule has 2 unspecified atom stereocenters. The maximum atomic E-state index is 12.8. The smallest absolute Gasteiger partial charge is 0.261 e. The normalized spacial score (nSPS) is 17.4. The van der Waals surface area contributed by atoms with Crippen LogP contribution in [0.2, 0.25) is 0 Å². The van der Waals surface area contributed by atoms with Crippen molar-refractivity contribution in [3.05, 3.63) is 59.2 Å². The third kappa shape index (κ3) is 3.95. The Morgan fingerprint density at radius 3 is 2.88 bits per heavy atom. The average Bonchev–Trinajstić information content (AvgIpc) is 2.61. The van der Waals surface area contributed by atoms with E-state index in [0.717, 1.165) is 36.3 Å². The van der Waals surface area contributed by atoms with Crippen molar-refractivity contribution in [2.24, 2.45) is 0 Å². The largest absolute Gasteiger partial charge is 0.480 e. The van der Waals surface area contributed by atoms with Gasteiger partial charge in [0, 0.05) is 5.69 Å². The number of anilines is 1. The van der Waals surface area contributed by atoms with E-state index in [2.05, 4.69) is 5.32 Å². The predicted octanol–water partition coefficient (Wildman–Crippen LogP) is 3.93. The molecule has 2 aromatic carbocycles. The first-order chi connectivity index (χ1) is 12.1. The number of nitrogens with two attached hydrogens (primary N) is 1. The molecule has 0 spiro atoms. The molecule has 0 radical (unpaired) electrons. The van der Waals surface area contributed by atoms with Gasteiger partial charge in [0.05, 0.1) is 6.04 Å². The molecule has 0 bridgehead atoms. The van der Waals surface area contributed by atoms with E-state index in [-0.39, 0.29) is 11.9 Å². The Labute approximate surface area is 149 Å². The SMILES string of the molecule is CCC(Oc1ccccc1C)C(=O)NC1CCCc2cc(N)ccc21. The molecule has 0 fully saturated rings. The van der Waals surface area contributed by atoms with Crippen molar-refractivity contribution in [3.63, 3.8) is 0 Å². The summed E-state index contributed by atoms with van der Waals surface area (Å²) in [5, 5.41) is 3.18. The molecule has 0 aliphatic heterocycles. The van der Waals surface area contributed by atoms with Crippen LogP contribution < -0.4 is 15.8 Å². The first-order valence-corrected chi connectivity index (χ1v) is 8.99. The zero-order valence-corrected chi connectivity index (χ0v) is 14.9. The molecule has 2 atom stereocenters. The predicted molar refractivity (Wildman–Crippen MR) is 101 cm³/mol. The molecule has 132 valence electrons. The number of amides is 1. The lowest BCUT2D eigenvalue weighted by molar-refractivity contribution is -0.129. The van der Waals surface area contributed by atoms with Gasteiger partial charge in [-0.3, -0.25) is 4.79 Å². The summed E-state index contributed by atoms with van der Waals surface area (Å²) in [6, 6.07) is 13.8. The molecule has 4 heteroatoms.